The van der Waals surface area contributed by atoms with Crippen molar-refractivity contribution >= 4 is 28.5 Å². The molecule has 0 unspecified atom stereocenters. The summed E-state index contributed by atoms with van der Waals surface area (Å²) >= 11 is 1.73. The molecular weight excluding hydrogens is 256 g/mol. The van der Waals surface area contributed by atoms with Crippen molar-refractivity contribution in [1.29, 1.82) is 0 Å². The molecule has 0 aliphatic heterocycles. The van der Waals surface area contributed by atoms with E-state index in [0.29, 0.717) is 0 Å². The Morgan fingerprint density at radius 3 is 2.84 bits per heavy atom. The van der Waals surface area contributed by atoms with Crippen molar-refractivity contribution in [2.45, 2.75) is 20.4 Å². The molecule has 3 nitrogen and oxygen atoms in total. The number of thiazole rings is 1. The molecule has 0 saturated carbocycles. The van der Waals surface area contributed by atoms with Gasteiger partial charge in [0, 0.05) is 27.5 Å². The molecule has 0 amide bonds. The molecule has 0 bridgehead atoms. The molecule has 3 rings (SSSR count). The van der Waals surface area contributed by atoms with Crippen LogP contribution >= 0.6 is 11.3 Å². The van der Waals surface area contributed by atoms with Gasteiger partial charge in [-0.25, -0.2) is 4.98 Å². The van der Waals surface area contributed by atoms with Crippen LogP contribution in [0.15, 0.2) is 30.5 Å². The number of carbonyl (C=O) groups excluding carboxylic acids is 1. The van der Waals surface area contributed by atoms with Crippen LogP contribution in [0, 0.1) is 13.8 Å². The van der Waals surface area contributed by atoms with Crippen molar-refractivity contribution in [3.8, 4) is 0 Å². The lowest BCUT2D eigenvalue weighted by molar-refractivity contribution is 0.112. The molecule has 0 aliphatic rings. The number of fused-ring (bicyclic) bond motifs is 1. The van der Waals surface area contributed by atoms with Crippen molar-refractivity contribution < 1.29 is 4.79 Å². The molecule has 0 atom stereocenters. The third-order valence-corrected chi connectivity index (χ3v) is 4.41. The van der Waals surface area contributed by atoms with Gasteiger partial charge in [-0.1, -0.05) is 12.1 Å². The van der Waals surface area contributed by atoms with Crippen LogP contribution in [-0.2, 0) is 6.54 Å². The fourth-order valence-electron chi connectivity index (χ4n) is 2.24. The van der Waals surface area contributed by atoms with Crippen LogP contribution < -0.4 is 0 Å². The number of carbonyl (C=O) groups is 1. The molecule has 96 valence electrons. The fourth-order valence-corrected chi connectivity index (χ4v) is 3.17. The standard InChI is InChI=1S/C15H14N2OS/c1-10-11(2)19-15(16-10)8-17-7-6-13-12(9-18)4-3-5-14(13)17/h3-7,9H,8H2,1-2H3. The summed E-state index contributed by atoms with van der Waals surface area (Å²) in [7, 11) is 0. The summed E-state index contributed by atoms with van der Waals surface area (Å²) in [4.78, 5) is 16.8. The van der Waals surface area contributed by atoms with Crippen LogP contribution in [-0.4, -0.2) is 15.8 Å². The second kappa shape index (κ2) is 4.63. The largest absolute Gasteiger partial charge is 0.341 e. The van der Waals surface area contributed by atoms with Gasteiger partial charge in [-0.3, -0.25) is 4.79 Å². The Morgan fingerprint density at radius 2 is 2.16 bits per heavy atom. The maximum absolute atomic E-state index is 11.0. The average Bonchev–Trinajstić information content (AvgIpc) is 2.95. The first-order chi connectivity index (χ1) is 9.19. The molecular formula is C15H14N2OS. The van der Waals surface area contributed by atoms with E-state index in [-0.39, 0.29) is 0 Å². The molecule has 2 heterocycles. The molecule has 3 aromatic rings. The molecule has 0 aliphatic carbocycles. The summed E-state index contributed by atoms with van der Waals surface area (Å²) in [6, 6.07) is 7.79. The van der Waals surface area contributed by atoms with Crippen molar-refractivity contribution in [3.63, 3.8) is 0 Å². The highest BCUT2D eigenvalue weighted by Crippen LogP contribution is 2.22. The molecule has 4 heteroatoms. The zero-order valence-corrected chi connectivity index (χ0v) is 11.7. The number of aldehydes is 1. The van der Waals surface area contributed by atoms with E-state index in [9.17, 15) is 4.79 Å². The minimum absolute atomic E-state index is 0.739. The highest BCUT2D eigenvalue weighted by molar-refractivity contribution is 7.11. The molecule has 2 aromatic heterocycles. The van der Waals surface area contributed by atoms with Gasteiger partial charge >= 0.3 is 0 Å². The van der Waals surface area contributed by atoms with E-state index in [1.807, 2.05) is 37.4 Å². The van der Waals surface area contributed by atoms with Gasteiger partial charge in [0.2, 0.25) is 0 Å². The van der Waals surface area contributed by atoms with Crippen molar-refractivity contribution in [3.05, 3.63) is 51.6 Å². The summed E-state index contributed by atoms with van der Waals surface area (Å²) in [6.45, 7) is 4.88. The zero-order valence-electron chi connectivity index (χ0n) is 10.9. The average molecular weight is 270 g/mol. The Kier molecular flexibility index (Phi) is 2.95. The summed E-state index contributed by atoms with van der Waals surface area (Å²) < 4.78 is 2.14. The lowest BCUT2D eigenvalue weighted by atomic mass is 10.1. The normalized spacial score (nSPS) is 11.1. The highest BCUT2D eigenvalue weighted by atomic mass is 32.1. The first-order valence-corrected chi connectivity index (χ1v) is 6.96. The highest BCUT2D eigenvalue weighted by Gasteiger charge is 2.08. The van der Waals surface area contributed by atoms with E-state index in [1.54, 1.807) is 11.3 Å². The number of aryl methyl sites for hydroxylation is 2. The number of aromatic nitrogens is 2. The monoisotopic (exact) mass is 270 g/mol. The van der Waals surface area contributed by atoms with Gasteiger partial charge < -0.3 is 4.57 Å². The van der Waals surface area contributed by atoms with E-state index in [1.165, 1.54) is 4.88 Å². The molecule has 1 aromatic carbocycles. The van der Waals surface area contributed by atoms with Gasteiger partial charge in [0.15, 0.2) is 6.29 Å². The zero-order chi connectivity index (χ0) is 13.4. The molecule has 0 saturated heterocycles. The van der Waals surface area contributed by atoms with Crippen LogP contribution in [0.1, 0.15) is 25.9 Å². The molecule has 0 fully saturated rings. The van der Waals surface area contributed by atoms with Gasteiger partial charge in [-0.15, -0.1) is 11.3 Å². The number of benzene rings is 1. The van der Waals surface area contributed by atoms with Crippen LogP contribution in [0.4, 0.5) is 0 Å². The summed E-state index contributed by atoms with van der Waals surface area (Å²) in [6.07, 6.45) is 2.92. The number of hydrogen-bond donors (Lipinski definition) is 0. The lowest BCUT2D eigenvalue weighted by Crippen LogP contribution is -1.97. The summed E-state index contributed by atoms with van der Waals surface area (Å²) in [5, 5.41) is 2.10. The van der Waals surface area contributed by atoms with Crippen LogP contribution in [0.3, 0.4) is 0 Å². The van der Waals surface area contributed by atoms with E-state index in [2.05, 4.69) is 16.5 Å². The Labute approximate surface area is 115 Å². The van der Waals surface area contributed by atoms with Gasteiger partial charge in [0.25, 0.3) is 0 Å². The smallest absolute Gasteiger partial charge is 0.150 e. The van der Waals surface area contributed by atoms with Crippen LogP contribution in [0.25, 0.3) is 10.9 Å². The summed E-state index contributed by atoms with van der Waals surface area (Å²) in [5.41, 5.74) is 2.92. The number of nitrogens with zero attached hydrogens (tertiary/aromatic N) is 2. The van der Waals surface area contributed by atoms with E-state index >= 15 is 0 Å². The third-order valence-electron chi connectivity index (χ3n) is 3.35. The Bertz CT molecular complexity index is 735. The summed E-state index contributed by atoms with van der Waals surface area (Å²) in [5.74, 6) is 0. The van der Waals surface area contributed by atoms with E-state index in [4.69, 9.17) is 0 Å². The van der Waals surface area contributed by atoms with Crippen LogP contribution in [0.5, 0.6) is 0 Å². The fraction of sp³-hybridized carbons (Fsp3) is 0.200. The Morgan fingerprint density at radius 1 is 1.32 bits per heavy atom. The first-order valence-electron chi connectivity index (χ1n) is 6.15. The van der Waals surface area contributed by atoms with Gasteiger partial charge in [0.05, 0.1) is 12.2 Å². The minimum Gasteiger partial charge on any atom is -0.341 e. The molecule has 19 heavy (non-hydrogen) atoms. The Hall–Kier alpha value is -1.94. The molecule has 0 radical (unpaired) electrons. The SMILES string of the molecule is Cc1nc(Cn2ccc3c(C=O)cccc32)sc1C. The quantitative estimate of drug-likeness (QED) is 0.682. The van der Waals surface area contributed by atoms with Gasteiger partial charge in [0.1, 0.15) is 5.01 Å². The number of rotatable bonds is 3. The molecule has 0 spiro atoms. The topological polar surface area (TPSA) is 34.9 Å². The predicted octanol–water partition coefficient (Wildman–Crippen LogP) is 3.58. The van der Waals surface area contributed by atoms with E-state index < -0.39 is 0 Å². The second-order valence-electron chi connectivity index (χ2n) is 4.59. The maximum atomic E-state index is 11.0. The van der Waals surface area contributed by atoms with Gasteiger partial charge in [-0.2, -0.15) is 0 Å². The number of hydrogen-bond acceptors (Lipinski definition) is 3. The second-order valence-corrected chi connectivity index (χ2v) is 5.88. The van der Waals surface area contributed by atoms with Crippen molar-refractivity contribution in [2.24, 2.45) is 0 Å². The minimum atomic E-state index is 0.739. The van der Waals surface area contributed by atoms with Crippen molar-refractivity contribution in [1.82, 2.24) is 9.55 Å². The Balaban J connectivity index is 2.04. The van der Waals surface area contributed by atoms with Gasteiger partial charge in [-0.05, 0) is 26.0 Å². The first kappa shape index (κ1) is 12.1. The van der Waals surface area contributed by atoms with E-state index in [0.717, 1.165) is 40.0 Å². The molecule has 0 N–H and O–H groups in total. The van der Waals surface area contributed by atoms with Crippen molar-refractivity contribution in [2.75, 3.05) is 0 Å². The lowest BCUT2D eigenvalue weighted by Gasteiger charge is -2.03. The maximum Gasteiger partial charge on any atom is 0.150 e. The van der Waals surface area contributed by atoms with Crippen LogP contribution in [0.2, 0.25) is 0 Å². The third kappa shape index (κ3) is 2.08. The predicted molar refractivity (Wildman–Crippen MR) is 78.0 cm³/mol.